The number of nitrogens with one attached hydrogen (secondary N) is 2. The Morgan fingerprint density at radius 3 is 2.91 bits per heavy atom. The second kappa shape index (κ2) is 8.48. The zero-order valence-corrected chi connectivity index (χ0v) is 20.1. The number of hydrogen-bond acceptors (Lipinski definition) is 6. The third-order valence-corrected chi connectivity index (χ3v) is 7.86. The summed E-state index contributed by atoms with van der Waals surface area (Å²) >= 11 is 1.65. The van der Waals surface area contributed by atoms with Crippen LogP contribution in [0.5, 0.6) is 11.5 Å². The van der Waals surface area contributed by atoms with Gasteiger partial charge < -0.3 is 19.8 Å². The van der Waals surface area contributed by atoms with Gasteiger partial charge in [-0.1, -0.05) is 26.8 Å². The van der Waals surface area contributed by atoms with E-state index in [1.165, 1.54) is 10.4 Å². The maximum atomic E-state index is 12.8. The summed E-state index contributed by atoms with van der Waals surface area (Å²) in [5.41, 5.74) is 2.30. The fourth-order valence-electron chi connectivity index (χ4n) is 4.66. The van der Waals surface area contributed by atoms with Gasteiger partial charge in [-0.15, -0.1) is 11.3 Å². The number of nitrogens with zero attached hydrogens (tertiary/aromatic N) is 1. The molecule has 0 saturated heterocycles. The lowest BCUT2D eigenvalue weighted by Crippen LogP contribution is -2.26. The molecule has 0 unspecified atom stereocenters. The number of aromatic amines is 1. The lowest BCUT2D eigenvalue weighted by atomic mass is 9.72. The first-order chi connectivity index (χ1) is 15.8. The molecule has 2 aromatic heterocycles. The van der Waals surface area contributed by atoms with E-state index in [9.17, 15) is 9.59 Å². The molecule has 1 aliphatic heterocycles. The molecule has 1 aliphatic carbocycles. The standard InChI is InChI=1S/C25H29N3O4S/c1-25(2,3)15-5-6-16-19(11-15)33-24-22(16)23(30)27-20(28-24)8-9-21(29)26-12-14-4-7-17-18(10-14)32-13-31-17/h4,7,10,15H,5-6,8-9,11-13H2,1-3H3,(H,26,29)(H,27,28,30)/t15-/m0/s1. The average Bonchev–Trinajstić information content (AvgIpc) is 3.38. The minimum Gasteiger partial charge on any atom is -0.454 e. The van der Waals surface area contributed by atoms with Crippen LogP contribution in [-0.2, 0) is 30.6 Å². The van der Waals surface area contributed by atoms with Gasteiger partial charge in [-0.25, -0.2) is 4.98 Å². The Morgan fingerprint density at radius 2 is 2.09 bits per heavy atom. The van der Waals surface area contributed by atoms with E-state index in [2.05, 4.69) is 31.1 Å². The van der Waals surface area contributed by atoms with Gasteiger partial charge >= 0.3 is 0 Å². The maximum absolute atomic E-state index is 12.8. The quantitative estimate of drug-likeness (QED) is 0.589. The highest BCUT2D eigenvalue weighted by Gasteiger charge is 2.31. The van der Waals surface area contributed by atoms with Crippen molar-refractivity contribution in [2.24, 2.45) is 11.3 Å². The molecule has 2 N–H and O–H groups in total. The Hall–Kier alpha value is -2.87. The molecule has 3 heterocycles. The number of aryl methyl sites for hydroxylation is 2. The van der Waals surface area contributed by atoms with Crippen molar-refractivity contribution < 1.29 is 14.3 Å². The van der Waals surface area contributed by atoms with Gasteiger partial charge in [0.2, 0.25) is 12.7 Å². The predicted molar refractivity (Wildman–Crippen MR) is 128 cm³/mol. The third kappa shape index (κ3) is 4.49. The number of amides is 1. The number of hydrogen-bond donors (Lipinski definition) is 2. The maximum Gasteiger partial charge on any atom is 0.259 e. The molecule has 0 radical (unpaired) electrons. The highest BCUT2D eigenvalue weighted by atomic mass is 32.1. The van der Waals surface area contributed by atoms with E-state index in [1.807, 2.05) is 18.2 Å². The average molecular weight is 468 g/mol. The summed E-state index contributed by atoms with van der Waals surface area (Å²) in [4.78, 5) is 34.9. The van der Waals surface area contributed by atoms with Crippen molar-refractivity contribution in [1.29, 1.82) is 0 Å². The number of ether oxygens (including phenoxy) is 2. The number of carbonyl (C=O) groups is 1. The van der Waals surface area contributed by atoms with Crippen LogP contribution in [0.3, 0.4) is 0 Å². The third-order valence-electron chi connectivity index (χ3n) is 6.71. The van der Waals surface area contributed by atoms with Gasteiger partial charge in [0, 0.05) is 24.3 Å². The fourth-order valence-corrected chi connectivity index (χ4v) is 5.98. The summed E-state index contributed by atoms with van der Waals surface area (Å²) in [6.45, 7) is 7.50. The Morgan fingerprint density at radius 1 is 1.27 bits per heavy atom. The zero-order valence-electron chi connectivity index (χ0n) is 19.2. The molecular weight excluding hydrogens is 438 g/mol. The molecule has 1 aromatic carbocycles. The lowest BCUT2D eigenvalue weighted by Gasteiger charge is -2.33. The summed E-state index contributed by atoms with van der Waals surface area (Å²) in [5.74, 6) is 2.51. The molecule has 3 aromatic rings. The Bertz CT molecular complexity index is 1270. The van der Waals surface area contributed by atoms with Crippen molar-refractivity contribution in [2.45, 2.75) is 59.4 Å². The first-order valence-electron chi connectivity index (χ1n) is 11.5. The predicted octanol–water partition coefficient (Wildman–Crippen LogP) is 4.11. The number of thiophene rings is 1. The molecule has 33 heavy (non-hydrogen) atoms. The van der Waals surface area contributed by atoms with Crippen molar-refractivity contribution in [3.8, 4) is 11.5 Å². The molecule has 1 atom stereocenters. The van der Waals surface area contributed by atoms with Gasteiger partial charge in [-0.2, -0.15) is 0 Å². The number of benzene rings is 1. The molecule has 1 amide bonds. The normalized spacial score (nSPS) is 17.2. The molecule has 174 valence electrons. The van der Waals surface area contributed by atoms with Crippen molar-refractivity contribution in [3.63, 3.8) is 0 Å². The lowest BCUT2D eigenvalue weighted by molar-refractivity contribution is -0.121. The van der Waals surface area contributed by atoms with E-state index in [0.717, 1.165) is 40.8 Å². The van der Waals surface area contributed by atoms with Crippen LogP contribution in [0.1, 0.15) is 55.4 Å². The summed E-state index contributed by atoms with van der Waals surface area (Å²) in [7, 11) is 0. The second-order valence-corrected chi connectivity index (χ2v) is 11.1. The van der Waals surface area contributed by atoms with Crippen LogP contribution in [0.2, 0.25) is 0 Å². The first kappa shape index (κ1) is 21.9. The van der Waals surface area contributed by atoms with Crippen LogP contribution in [0.15, 0.2) is 23.0 Å². The zero-order chi connectivity index (χ0) is 23.2. The van der Waals surface area contributed by atoms with Crippen LogP contribution in [-0.4, -0.2) is 22.7 Å². The molecular formula is C25H29N3O4S. The summed E-state index contributed by atoms with van der Waals surface area (Å²) < 4.78 is 10.7. The van der Waals surface area contributed by atoms with Crippen LogP contribution in [0.25, 0.3) is 10.2 Å². The van der Waals surface area contributed by atoms with E-state index in [-0.39, 0.29) is 30.1 Å². The first-order valence-corrected chi connectivity index (χ1v) is 12.3. The minimum atomic E-state index is -0.0890. The second-order valence-electron chi connectivity index (χ2n) is 9.97. The van der Waals surface area contributed by atoms with Crippen LogP contribution < -0.4 is 20.3 Å². The van der Waals surface area contributed by atoms with Gasteiger partial charge in [-0.05, 0) is 53.9 Å². The smallest absolute Gasteiger partial charge is 0.259 e. The van der Waals surface area contributed by atoms with Crippen molar-refractivity contribution in [3.05, 3.63) is 50.4 Å². The van der Waals surface area contributed by atoms with E-state index >= 15 is 0 Å². The van der Waals surface area contributed by atoms with Gasteiger partial charge in [0.05, 0.1) is 5.39 Å². The molecule has 0 spiro atoms. The van der Waals surface area contributed by atoms with E-state index in [1.54, 1.807) is 11.3 Å². The number of H-pyrrole nitrogens is 1. The number of carbonyl (C=O) groups excluding carboxylic acids is 1. The molecule has 0 fully saturated rings. The number of aromatic nitrogens is 2. The Kier molecular flexibility index (Phi) is 5.64. The van der Waals surface area contributed by atoms with Crippen LogP contribution >= 0.6 is 11.3 Å². The topological polar surface area (TPSA) is 93.3 Å². The van der Waals surface area contributed by atoms with Crippen LogP contribution in [0, 0.1) is 11.3 Å². The van der Waals surface area contributed by atoms with Gasteiger partial charge in [0.25, 0.3) is 5.56 Å². The fraction of sp³-hybridized carbons (Fsp3) is 0.480. The largest absolute Gasteiger partial charge is 0.454 e. The molecule has 7 nitrogen and oxygen atoms in total. The Balaban J connectivity index is 1.23. The summed E-state index contributed by atoms with van der Waals surface area (Å²) in [6.07, 6.45) is 3.70. The monoisotopic (exact) mass is 467 g/mol. The van der Waals surface area contributed by atoms with E-state index in [4.69, 9.17) is 14.5 Å². The summed E-state index contributed by atoms with van der Waals surface area (Å²) in [5, 5.41) is 3.67. The SMILES string of the molecule is CC(C)(C)[C@H]1CCc2c(sc3nc(CCC(=O)NCc4ccc5c(c4)OCO5)[nH]c(=O)c23)C1. The van der Waals surface area contributed by atoms with E-state index in [0.29, 0.717) is 30.5 Å². The minimum absolute atomic E-state index is 0.0810. The Labute approximate surface area is 196 Å². The van der Waals surface area contributed by atoms with Crippen molar-refractivity contribution >= 4 is 27.5 Å². The van der Waals surface area contributed by atoms with Crippen molar-refractivity contribution in [2.75, 3.05) is 6.79 Å². The number of rotatable bonds is 5. The highest BCUT2D eigenvalue weighted by Crippen LogP contribution is 2.42. The highest BCUT2D eigenvalue weighted by molar-refractivity contribution is 7.18. The van der Waals surface area contributed by atoms with E-state index < -0.39 is 0 Å². The molecule has 0 bridgehead atoms. The van der Waals surface area contributed by atoms with Gasteiger partial charge in [0.1, 0.15) is 10.7 Å². The van der Waals surface area contributed by atoms with Gasteiger partial charge in [-0.3, -0.25) is 9.59 Å². The summed E-state index contributed by atoms with van der Waals surface area (Å²) in [6, 6.07) is 5.62. The van der Waals surface area contributed by atoms with Gasteiger partial charge in [0.15, 0.2) is 11.5 Å². The molecule has 8 heteroatoms. The molecule has 5 rings (SSSR count). The van der Waals surface area contributed by atoms with Crippen LogP contribution in [0.4, 0.5) is 0 Å². The molecule has 0 saturated carbocycles. The number of fused-ring (bicyclic) bond motifs is 4. The van der Waals surface area contributed by atoms with Crippen molar-refractivity contribution in [1.82, 2.24) is 15.3 Å². The molecule has 2 aliphatic rings.